The highest BCUT2D eigenvalue weighted by Crippen LogP contribution is 2.24. The molecule has 0 heterocycles. The molecule has 4 heteroatoms. The number of fused-ring (bicyclic) bond motifs is 1. The molecule has 3 aromatic carbocycles. The lowest BCUT2D eigenvalue weighted by Gasteiger charge is -2.04. The molecule has 0 fully saturated rings. The van der Waals surface area contributed by atoms with E-state index in [1.165, 1.54) is 43.5 Å². The molecule has 0 unspecified atom stereocenters. The normalized spacial score (nSPS) is 10.8. The number of halogens is 4. The van der Waals surface area contributed by atoms with Crippen LogP contribution in [0.25, 0.3) is 10.8 Å². The lowest BCUT2D eigenvalue weighted by atomic mass is 10.0. The molecule has 0 saturated carbocycles. The van der Waals surface area contributed by atoms with Crippen molar-refractivity contribution in [3.8, 4) is 11.8 Å². The summed E-state index contributed by atoms with van der Waals surface area (Å²) in [6, 6.07) is 10.3. The molecule has 150 valence electrons. The van der Waals surface area contributed by atoms with E-state index in [-0.39, 0.29) is 22.2 Å². The van der Waals surface area contributed by atoms with Gasteiger partial charge in [0.1, 0.15) is 5.82 Å². The van der Waals surface area contributed by atoms with Crippen LogP contribution < -0.4 is 0 Å². The van der Waals surface area contributed by atoms with Crippen LogP contribution in [0.3, 0.4) is 0 Å². The first-order valence-corrected chi connectivity index (χ1v) is 9.87. The summed E-state index contributed by atoms with van der Waals surface area (Å²) in [6.07, 6.45) is 6.65. The van der Waals surface area contributed by atoms with E-state index in [0.717, 1.165) is 30.9 Å². The standard InChI is InChI=1S/C25H22F4/c1-2-3-4-5-6-7-17-8-11-19(22(26)15-17)12-9-18-10-13-21-20(14-18)16-23(27)25(29)24(21)28/h8,10-11,13-16H,2-7H2,1H3. The number of benzene rings is 3. The molecular weight excluding hydrogens is 376 g/mol. The van der Waals surface area contributed by atoms with Crippen LogP contribution in [0, 0.1) is 35.1 Å². The van der Waals surface area contributed by atoms with Crippen LogP contribution in [0.2, 0.25) is 0 Å². The van der Waals surface area contributed by atoms with Crippen molar-refractivity contribution < 1.29 is 17.6 Å². The maximum atomic E-state index is 14.3. The van der Waals surface area contributed by atoms with Crippen molar-refractivity contribution in [1.29, 1.82) is 0 Å². The smallest absolute Gasteiger partial charge is 0.195 e. The number of unbranched alkanes of at least 4 members (excludes halogenated alkanes) is 4. The Morgan fingerprint density at radius 2 is 1.52 bits per heavy atom. The van der Waals surface area contributed by atoms with Crippen molar-refractivity contribution in [3.63, 3.8) is 0 Å². The van der Waals surface area contributed by atoms with Crippen LogP contribution in [-0.2, 0) is 6.42 Å². The lowest BCUT2D eigenvalue weighted by molar-refractivity contribution is 0.453. The molecule has 0 atom stereocenters. The van der Waals surface area contributed by atoms with Gasteiger partial charge in [0, 0.05) is 10.9 Å². The topological polar surface area (TPSA) is 0 Å². The Bertz CT molecular complexity index is 1070. The summed E-state index contributed by atoms with van der Waals surface area (Å²) in [4.78, 5) is 0. The highest BCUT2D eigenvalue weighted by Gasteiger charge is 2.13. The van der Waals surface area contributed by atoms with E-state index in [9.17, 15) is 17.6 Å². The monoisotopic (exact) mass is 398 g/mol. The molecule has 29 heavy (non-hydrogen) atoms. The van der Waals surface area contributed by atoms with Crippen LogP contribution in [0.15, 0.2) is 42.5 Å². The fraction of sp³-hybridized carbons (Fsp3) is 0.280. The van der Waals surface area contributed by atoms with Gasteiger partial charge >= 0.3 is 0 Å². The summed E-state index contributed by atoms with van der Waals surface area (Å²) in [5, 5.41) is 0.177. The Morgan fingerprint density at radius 3 is 2.28 bits per heavy atom. The molecule has 0 aliphatic carbocycles. The Labute approximate surface area is 168 Å². The summed E-state index contributed by atoms with van der Waals surface area (Å²) >= 11 is 0. The molecule has 0 N–H and O–H groups in total. The van der Waals surface area contributed by atoms with Crippen LogP contribution in [0.5, 0.6) is 0 Å². The summed E-state index contributed by atoms with van der Waals surface area (Å²) in [6.45, 7) is 2.17. The third-order valence-corrected chi connectivity index (χ3v) is 4.92. The largest absolute Gasteiger partial charge is 0.206 e. The zero-order valence-electron chi connectivity index (χ0n) is 16.3. The fourth-order valence-corrected chi connectivity index (χ4v) is 3.27. The van der Waals surface area contributed by atoms with E-state index in [0.29, 0.717) is 5.56 Å². The van der Waals surface area contributed by atoms with Gasteiger partial charge in [-0.25, -0.2) is 17.6 Å². The first-order valence-electron chi connectivity index (χ1n) is 9.87. The van der Waals surface area contributed by atoms with E-state index in [4.69, 9.17) is 0 Å². The first-order chi connectivity index (χ1) is 14.0. The minimum atomic E-state index is -1.50. The molecular formula is C25H22F4. The van der Waals surface area contributed by atoms with Gasteiger partial charge in [-0.15, -0.1) is 0 Å². The lowest BCUT2D eigenvalue weighted by Crippen LogP contribution is -1.92. The van der Waals surface area contributed by atoms with Crippen LogP contribution >= 0.6 is 0 Å². The summed E-state index contributed by atoms with van der Waals surface area (Å²) < 4.78 is 54.9. The van der Waals surface area contributed by atoms with E-state index < -0.39 is 17.5 Å². The van der Waals surface area contributed by atoms with Gasteiger partial charge < -0.3 is 0 Å². The van der Waals surface area contributed by atoms with Crippen LogP contribution in [0.4, 0.5) is 17.6 Å². The van der Waals surface area contributed by atoms with E-state index in [1.54, 1.807) is 6.07 Å². The van der Waals surface area contributed by atoms with Gasteiger partial charge in [0.2, 0.25) is 0 Å². The van der Waals surface area contributed by atoms with Gasteiger partial charge in [-0.1, -0.05) is 56.6 Å². The third kappa shape index (κ3) is 5.17. The minimum Gasteiger partial charge on any atom is -0.206 e. The molecule has 0 aromatic heterocycles. The SMILES string of the molecule is CCCCCCCc1ccc(C#Cc2ccc3c(F)c(F)c(F)cc3c2)c(F)c1. The molecule has 0 spiro atoms. The molecule has 0 saturated heterocycles. The maximum absolute atomic E-state index is 14.3. The first kappa shape index (κ1) is 20.9. The summed E-state index contributed by atoms with van der Waals surface area (Å²) in [5.41, 5.74) is 1.67. The van der Waals surface area contributed by atoms with Gasteiger partial charge in [0.15, 0.2) is 17.5 Å². The predicted octanol–water partition coefficient (Wildman–Crippen LogP) is 7.31. The van der Waals surface area contributed by atoms with Gasteiger partial charge in [-0.2, -0.15) is 0 Å². The molecule has 0 aliphatic rings. The second kappa shape index (κ2) is 9.60. The van der Waals surface area contributed by atoms with Crippen molar-refractivity contribution in [2.45, 2.75) is 45.4 Å². The summed E-state index contributed by atoms with van der Waals surface area (Å²) in [7, 11) is 0. The fourth-order valence-electron chi connectivity index (χ4n) is 3.27. The van der Waals surface area contributed by atoms with E-state index in [2.05, 4.69) is 18.8 Å². The zero-order chi connectivity index (χ0) is 20.8. The number of aryl methyl sites for hydroxylation is 1. The number of rotatable bonds is 6. The van der Waals surface area contributed by atoms with Crippen LogP contribution in [0.1, 0.15) is 55.7 Å². The summed E-state index contributed by atoms with van der Waals surface area (Å²) in [5.74, 6) is 1.20. The van der Waals surface area contributed by atoms with Crippen molar-refractivity contribution >= 4 is 10.8 Å². The molecule has 3 aromatic rings. The Morgan fingerprint density at radius 1 is 0.724 bits per heavy atom. The predicted molar refractivity (Wildman–Crippen MR) is 109 cm³/mol. The van der Waals surface area contributed by atoms with Gasteiger partial charge in [-0.05, 0) is 54.1 Å². The average molecular weight is 398 g/mol. The van der Waals surface area contributed by atoms with Gasteiger partial charge in [0.05, 0.1) is 5.56 Å². The van der Waals surface area contributed by atoms with Crippen molar-refractivity contribution in [2.75, 3.05) is 0 Å². The van der Waals surface area contributed by atoms with Crippen molar-refractivity contribution in [3.05, 3.63) is 82.4 Å². The number of hydrogen-bond acceptors (Lipinski definition) is 0. The highest BCUT2D eigenvalue weighted by atomic mass is 19.2. The molecule has 0 amide bonds. The van der Waals surface area contributed by atoms with Crippen molar-refractivity contribution in [2.24, 2.45) is 0 Å². The molecule has 0 radical (unpaired) electrons. The second-order valence-corrected chi connectivity index (χ2v) is 7.15. The van der Waals surface area contributed by atoms with E-state index in [1.807, 2.05) is 6.07 Å². The van der Waals surface area contributed by atoms with Gasteiger partial charge in [-0.3, -0.25) is 0 Å². The molecule has 0 bridgehead atoms. The third-order valence-electron chi connectivity index (χ3n) is 4.92. The quantitative estimate of drug-likeness (QED) is 0.177. The Kier molecular flexibility index (Phi) is 6.93. The Balaban J connectivity index is 1.75. The second-order valence-electron chi connectivity index (χ2n) is 7.15. The van der Waals surface area contributed by atoms with Crippen molar-refractivity contribution in [1.82, 2.24) is 0 Å². The van der Waals surface area contributed by atoms with Crippen LogP contribution in [-0.4, -0.2) is 0 Å². The minimum absolute atomic E-state index is 0.0241. The highest BCUT2D eigenvalue weighted by molar-refractivity contribution is 5.84. The molecule has 3 rings (SSSR count). The molecule has 0 aliphatic heterocycles. The average Bonchev–Trinajstić information content (AvgIpc) is 2.71. The Hall–Kier alpha value is -2.80. The number of hydrogen-bond donors (Lipinski definition) is 0. The maximum Gasteiger partial charge on any atom is 0.195 e. The zero-order valence-corrected chi connectivity index (χ0v) is 16.3. The van der Waals surface area contributed by atoms with Gasteiger partial charge in [0.25, 0.3) is 0 Å². The van der Waals surface area contributed by atoms with E-state index >= 15 is 0 Å². The molecule has 0 nitrogen and oxygen atoms in total.